The van der Waals surface area contributed by atoms with Gasteiger partial charge in [0.25, 0.3) is 11.5 Å². The number of halogens is 1. The Morgan fingerprint density at radius 2 is 2.00 bits per heavy atom. The van der Waals surface area contributed by atoms with Crippen LogP contribution in [-0.4, -0.2) is 32.1 Å². The third-order valence-corrected chi connectivity index (χ3v) is 4.63. The number of rotatable bonds is 3. The van der Waals surface area contributed by atoms with Crippen LogP contribution in [0, 0.1) is 0 Å². The Balaban J connectivity index is 1.48. The average Bonchev–Trinajstić information content (AvgIpc) is 3.36. The molecule has 5 rings (SSSR count). The van der Waals surface area contributed by atoms with Crippen LogP contribution < -0.4 is 20.5 Å². The molecular weight excluding hydrogens is 398 g/mol. The Labute approximate surface area is 168 Å². The summed E-state index contributed by atoms with van der Waals surface area (Å²) in [5.41, 5.74) is 3.39. The topological polar surface area (TPSA) is 100 Å². The fourth-order valence-electron chi connectivity index (χ4n) is 3.00. The van der Waals surface area contributed by atoms with Gasteiger partial charge in [-0.1, -0.05) is 17.7 Å². The number of hydrogen-bond acceptors (Lipinski definition) is 6. The van der Waals surface area contributed by atoms with E-state index < -0.39 is 11.5 Å². The maximum absolute atomic E-state index is 12.8. The molecule has 1 aliphatic heterocycles. The summed E-state index contributed by atoms with van der Waals surface area (Å²) in [5, 5.41) is 5.01. The van der Waals surface area contributed by atoms with Crippen LogP contribution in [0.3, 0.4) is 0 Å². The zero-order valence-electron chi connectivity index (χ0n) is 14.7. The number of carbonyl (C=O) groups excluding carboxylic acids is 1. The Bertz CT molecular complexity index is 1330. The molecule has 1 amide bonds. The molecule has 0 saturated carbocycles. The molecule has 0 spiro atoms. The first-order valence-electron chi connectivity index (χ1n) is 8.52. The van der Waals surface area contributed by atoms with E-state index >= 15 is 0 Å². The van der Waals surface area contributed by atoms with Gasteiger partial charge in [-0.3, -0.25) is 15.0 Å². The minimum Gasteiger partial charge on any atom is -0.454 e. The first kappa shape index (κ1) is 17.3. The van der Waals surface area contributed by atoms with Crippen LogP contribution in [0.1, 0.15) is 10.4 Å². The lowest BCUT2D eigenvalue weighted by molar-refractivity contribution is 0.101. The van der Waals surface area contributed by atoms with Crippen LogP contribution in [0.2, 0.25) is 5.02 Å². The number of hydrogen-bond donors (Lipinski definition) is 1. The highest BCUT2D eigenvalue weighted by molar-refractivity contribution is 6.30. The minimum atomic E-state index is -0.492. The van der Waals surface area contributed by atoms with Gasteiger partial charge < -0.3 is 9.47 Å². The van der Waals surface area contributed by atoms with Crippen molar-refractivity contribution in [3.8, 4) is 17.2 Å². The third-order valence-electron chi connectivity index (χ3n) is 4.40. The summed E-state index contributed by atoms with van der Waals surface area (Å²) < 4.78 is 13.0. The number of fused-ring (bicyclic) bond motifs is 2. The van der Waals surface area contributed by atoms with Gasteiger partial charge in [0.1, 0.15) is 11.7 Å². The Morgan fingerprint density at radius 3 is 2.86 bits per heavy atom. The second kappa shape index (κ2) is 6.64. The summed E-state index contributed by atoms with van der Waals surface area (Å²) in [6.07, 6.45) is 2.63. The second-order valence-electron chi connectivity index (χ2n) is 6.20. The van der Waals surface area contributed by atoms with E-state index in [4.69, 9.17) is 21.1 Å². The molecular formula is C19H12ClN5O4. The van der Waals surface area contributed by atoms with Crippen molar-refractivity contribution in [3.05, 3.63) is 75.9 Å². The molecule has 2 aromatic heterocycles. The molecule has 0 bridgehead atoms. The van der Waals surface area contributed by atoms with Crippen LogP contribution in [0.25, 0.3) is 16.7 Å². The van der Waals surface area contributed by atoms with Crippen molar-refractivity contribution in [2.45, 2.75) is 0 Å². The van der Waals surface area contributed by atoms with Gasteiger partial charge >= 0.3 is 0 Å². The first-order chi connectivity index (χ1) is 14.1. The van der Waals surface area contributed by atoms with Crippen molar-refractivity contribution in [2.24, 2.45) is 0 Å². The summed E-state index contributed by atoms with van der Waals surface area (Å²) in [6, 6.07) is 11.8. The fraction of sp³-hybridized carbons (Fsp3) is 0.0526. The molecule has 144 valence electrons. The highest BCUT2D eigenvalue weighted by Gasteiger charge is 2.18. The van der Waals surface area contributed by atoms with Gasteiger partial charge in [-0.25, -0.2) is 14.3 Å². The first-order valence-corrected chi connectivity index (χ1v) is 8.90. The zero-order chi connectivity index (χ0) is 20.0. The normalized spacial score (nSPS) is 12.3. The van der Waals surface area contributed by atoms with Crippen molar-refractivity contribution in [3.63, 3.8) is 0 Å². The van der Waals surface area contributed by atoms with Crippen LogP contribution in [-0.2, 0) is 0 Å². The average molecular weight is 410 g/mol. The predicted molar refractivity (Wildman–Crippen MR) is 104 cm³/mol. The molecule has 4 aromatic rings. The summed E-state index contributed by atoms with van der Waals surface area (Å²) >= 11 is 6.03. The SMILES string of the molecule is O=C(Nn1cnc2c(cnn2-c2cccc(Cl)c2)c1=O)c1ccc2c(c1)OCO2. The molecule has 0 atom stereocenters. The van der Waals surface area contributed by atoms with E-state index in [1.54, 1.807) is 42.5 Å². The smallest absolute Gasteiger partial charge is 0.283 e. The van der Waals surface area contributed by atoms with Gasteiger partial charge in [-0.05, 0) is 36.4 Å². The van der Waals surface area contributed by atoms with E-state index in [2.05, 4.69) is 15.5 Å². The van der Waals surface area contributed by atoms with Crippen molar-refractivity contribution < 1.29 is 14.3 Å². The maximum atomic E-state index is 12.8. The molecule has 29 heavy (non-hydrogen) atoms. The molecule has 10 heteroatoms. The number of benzene rings is 2. The van der Waals surface area contributed by atoms with Crippen LogP contribution in [0.4, 0.5) is 0 Å². The molecule has 1 N–H and O–H groups in total. The Kier molecular flexibility index (Phi) is 3.95. The van der Waals surface area contributed by atoms with Gasteiger partial charge in [0.2, 0.25) is 6.79 Å². The monoisotopic (exact) mass is 409 g/mol. The number of ether oxygens (including phenoxy) is 2. The van der Waals surface area contributed by atoms with E-state index in [0.29, 0.717) is 33.4 Å². The standard InChI is InChI=1S/C19H12ClN5O4/c20-12-2-1-3-13(7-12)25-17-14(8-22-25)19(27)24(9-21-17)23-18(26)11-4-5-15-16(6-11)29-10-28-15/h1-9H,10H2,(H,23,26). The molecule has 9 nitrogen and oxygen atoms in total. The highest BCUT2D eigenvalue weighted by Crippen LogP contribution is 2.32. The predicted octanol–water partition coefficient (Wildman–Crippen LogP) is 2.35. The van der Waals surface area contributed by atoms with Gasteiger partial charge in [0.05, 0.1) is 11.9 Å². The fourth-order valence-corrected chi connectivity index (χ4v) is 3.18. The van der Waals surface area contributed by atoms with E-state index in [9.17, 15) is 9.59 Å². The lowest BCUT2D eigenvalue weighted by atomic mass is 10.2. The molecule has 0 aliphatic carbocycles. The molecule has 0 saturated heterocycles. The number of carbonyl (C=O) groups is 1. The van der Waals surface area contributed by atoms with Crippen molar-refractivity contribution >= 4 is 28.5 Å². The molecule has 0 radical (unpaired) electrons. The number of aromatic nitrogens is 4. The molecule has 3 heterocycles. The molecule has 0 fully saturated rings. The van der Waals surface area contributed by atoms with Crippen molar-refractivity contribution in [2.75, 3.05) is 12.2 Å². The summed E-state index contributed by atoms with van der Waals surface area (Å²) in [5.74, 6) is 0.547. The summed E-state index contributed by atoms with van der Waals surface area (Å²) in [7, 11) is 0. The Morgan fingerprint density at radius 1 is 1.14 bits per heavy atom. The number of nitrogens with zero attached hydrogens (tertiary/aromatic N) is 4. The van der Waals surface area contributed by atoms with E-state index in [-0.39, 0.29) is 12.2 Å². The second-order valence-corrected chi connectivity index (χ2v) is 6.64. The molecule has 0 unspecified atom stereocenters. The highest BCUT2D eigenvalue weighted by atomic mass is 35.5. The number of nitrogens with one attached hydrogen (secondary N) is 1. The van der Waals surface area contributed by atoms with Crippen LogP contribution >= 0.6 is 11.6 Å². The third kappa shape index (κ3) is 2.97. The van der Waals surface area contributed by atoms with E-state index in [0.717, 1.165) is 4.68 Å². The van der Waals surface area contributed by atoms with Gasteiger partial charge in [0.15, 0.2) is 17.1 Å². The lowest BCUT2D eigenvalue weighted by Crippen LogP contribution is -2.33. The lowest BCUT2D eigenvalue weighted by Gasteiger charge is -2.08. The van der Waals surface area contributed by atoms with Gasteiger partial charge in [-0.2, -0.15) is 5.10 Å². The van der Waals surface area contributed by atoms with Crippen LogP contribution in [0.15, 0.2) is 59.8 Å². The quantitative estimate of drug-likeness (QED) is 0.557. The minimum absolute atomic E-state index is 0.108. The number of amides is 1. The maximum Gasteiger partial charge on any atom is 0.283 e. The largest absolute Gasteiger partial charge is 0.454 e. The zero-order valence-corrected chi connectivity index (χ0v) is 15.5. The van der Waals surface area contributed by atoms with Gasteiger partial charge in [-0.15, -0.1) is 0 Å². The van der Waals surface area contributed by atoms with Crippen molar-refractivity contribution in [1.82, 2.24) is 19.4 Å². The van der Waals surface area contributed by atoms with E-state index in [1.165, 1.54) is 17.2 Å². The van der Waals surface area contributed by atoms with Crippen LogP contribution in [0.5, 0.6) is 11.5 Å². The molecule has 2 aromatic carbocycles. The Hall–Kier alpha value is -3.85. The van der Waals surface area contributed by atoms with E-state index in [1.807, 2.05) is 0 Å². The van der Waals surface area contributed by atoms with Crippen molar-refractivity contribution in [1.29, 1.82) is 0 Å². The molecule has 1 aliphatic rings. The summed E-state index contributed by atoms with van der Waals surface area (Å²) in [6.45, 7) is 0.108. The van der Waals surface area contributed by atoms with Gasteiger partial charge in [0, 0.05) is 10.6 Å². The summed E-state index contributed by atoms with van der Waals surface area (Å²) in [4.78, 5) is 29.6.